The van der Waals surface area contributed by atoms with Crippen molar-refractivity contribution >= 4 is 17.7 Å². The zero-order valence-corrected chi connectivity index (χ0v) is 13.9. The van der Waals surface area contributed by atoms with Crippen LogP contribution in [0.1, 0.15) is 23.5 Å². The van der Waals surface area contributed by atoms with Gasteiger partial charge in [0, 0.05) is 25.2 Å². The lowest BCUT2D eigenvalue weighted by Gasteiger charge is -2.17. The summed E-state index contributed by atoms with van der Waals surface area (Å²) in [6.45, 7) is -0.549. The summed E-state index contributed by atoms with van der Waals surface area (Å²) in [5.74, 6) is 1.12. The van der Waals surface area contributed by atoms with Crippen LogP contribution in [-0.2, 0) is 17.1 Å². The van der Waals surface area contributed by atoms with Crippen LogP contribution in [-0.4, -0.2) is 33.2 Å². The molecule has 4 nitrogen and oxygen atoms in total. The third kappa shape index (κ3) is 5.06. The van der Waals surface area contributed by atoms with Crippen molar-refractivity contribution in [3.63, 3.8) is 0 Å². The molecule has 1 aromatic carbocycles. The average Bonchev–Trinajstić information content (AvgIpc) is 2.97. The van der Waals surface area contributed by atoms with Crippen molar-refractivity contribution in [3.8, 4) is 0 Å². The van der Waals surface area contributed by atoms with Crippen LogP contribution in [0.2, 0.25) is 0 Å². The molecule has 0 unspecified atom stereocenters. The molecule has 0 spiro atoms. The first kappa shape index (κ1) is 17.5. The molecule has 23 heavy (non-hydrogen) atoms. The Morgan fingerprint density at radius 3 is 2.70 bits per heavy atom. The molecule has 0 aliphatic carbocycles. The first-order valence-electron chi connectivity index (χ1n) is 7.14. The molecule has 0 saturated carbocycles. The number of carbonyl (C=O) groups is 1. The van der Waals surface area contributed by atoms with Gasteiger partial charge in [0.05, 0.1) is 12.3 Å². The quantitative estimate of drug-likeness (QED) is 0.775. The first-order chi connectivity index (χ1) is 11.0. The number of halogens is 2. The molecule has 2 aromatic rings. The molecule has 0 atom stereocenters. The molecule has 0 bridgehead atoms. The minimum atomic E-state index is -2.65. The summed E-state index contributed by atoms with van der Waals surface area (Å²) in [6.07, 6.45) is 2.52. The van der Waals surface area contributed by atoms with Gasteiger partial charge in [0.1, 0.15) is 5.82 Å². The van der Waals surface area contributed by atoms with Gasteiger partial charge in [-0.25, -0.2) is 4.98 Å². The molecule has 1 heterocycles. The van der Waals surface area contributed by atoms with E-state index < -0.39 is 6.55 Å². The van der Waals surface area contributed by atoms with Crippen molar-refractivity contribution in [1.29, 1.82) is 0 Å². The number of nitrogens with zero attached hydrogens (tertiary/aromatic N) is 3. The van der Waals surface area contributed by atoms with Crippen LogP contribution in [0.15, 0.2) is 36.7 Å². The van der Waals surface area contributed by atoms with E-state index in [1.807, 2.05) is 31.2 Å². The standard InChI is InChI=1S/C16H19F2N3OS/c1-12-3-5-13(6-4-12)10-23-11-15(22)20(2)9-14-19-7-8-21(14)16(17)18/h3-8,16H,9-11H2,1-2H3. The molecule has 0 radical (unpaired) electrons. The van der Waals surface area contributed by atoms with Gasteiger partial charge < -0.3 is 4.90 Å². The van der Waals surface area contributed by atoms with Gasteiger partial charge >= 0.3 is 6.55 Å². The molecule has 1 aromatic heterocycles. The number of rotatable bonds is 7. The third-order valence-electron chi connectivity index (χ3n) is 3.38. The van der Waals surface area contributed by atoms with Crippen molar-refractivity contribution in [3.05, 3.63) is 53.6 Å². The fourth-order valence-corrected chi connectivity index (χ4v) is 2.92. The Bertz CT molecular complexity index is 643. The molecular formula is C16H19F2N3OS. The monoisotopic (exact) mass is 339 g/mol. The number of amides is 1. The normalized spacial score (nSPS) is 11.0. The molecule has 7 heteroatoms. The van der Waals surface area contributed by atoms with Gasteiger partial charge in [-0.2, -0.15) is 8.78 Å². The second-order valence-electron chi connectivity index (χ2n) is 5.26. The van der Waals surface area contributed by atoms with Gasteiger partial charge in [0.25, 0.3) is 0 Å². The van der Waals surface area contributed by atoms with Crippen LogP contribution in [0.3, 0.4) is 0 Å². The molecule has 0 aliphatic heterocycles. The summed E-state index contributed by atoms with van der Waals surface area (Å²) in [7, 11) is 1.60. The second-order valence-corrected chi connectivity index (χ2v) is 6.24. The Morgan fingerprint density at radius 1 is 1.35 bits per heavy atom. The summed E-state index contributed by atoms with van der Waals surface area (Å²) >= 11 is 1.51. The largest absolute Gasteiger partial charge is 0.338 e. The van der Waals surface area contributed by atoms with Gasteiger partial charge in [-0.3, -0.25) is 9.36 Å². The molecular weight excluding hydrogens is 320 g/mol. The number of aromatic nitrogens is 2. The fourth-order valence-electron chi connectivity index (χ4n) is 2.00. The number of hydrogen-bond donors (Lipinski definition) is 0. The minimum absolute atomic E-state index is 0.0707. The molecule has 124 valence electrons. The average molecular weight is 339 g/mol. The van der Waals surface area contributed by atoms with E-state index in [1.54, 1.807) is 7.05 Å². The van der Waals surface area contributed by atoms with Crippen molar-refractivity contribution in [2.75, 3.05) is 12.8 Å². The van der Waals surface area contributed by atoms with Crippen LogP contribution < -0.4 is 0 Å². The third-order valence-corrected chi connectivity index (χ3v) is 4.37. The number of carbonyl (C=O) groups excluding carboxylic acids is 1. The van der Waals surface area contributed by atoms with E-state index in [0.717, 1.165) is 15.9 Å². The molecule has 2 rings (SSSR count). The van der Waals surface area contributed by atoms with Crippen molar-refractivity contribution in [2.45, 2.75) is 25.8 Å². The number of aryl methyl sites for hydroxylation is 1. The van der Waals surface area contributed by atoms with E-state index in [9.17, 15) is 13.6 Å². The Morgan fingerprint density at radius 2 is 2.04 bits per heavy atom. The van der Waals surface area contributed by atoms with Crippen LogP contribution in [0.25, 0.3) is 0 Å². The molecule has 0 saturated heterocycles. The summed E-state index contributed by atoms with van der Waals surface area (Å²) in [5, 5.41) is 0. The van der Waals surface area contributed by atoms with Crippen molar-refractivity contribution in [2.24, 2.45) is 0 Å². The summed E-state index contributed by atoms with van der Waals surface area (Å²) in [6, 6.07) is 8.15. The number of hydrogen-bond acceptors (Lipinski definition) is 3. The van der Waals surface area contributed by atoms with Gasteiger partial charge in [-0.1, -0.05) is 29.8 Å². The number of thioether (sulfide) groups is 1. The second kappa shape index (κ2) is 8.10. The Balaban J connectivity index is 1.80. The maximum Gasteiger partial charge on any atom is 0.319 e. The topological polar surface area (TPSA) is 38.1 Å². The highest BCUT2D eigenvalue weighted by molar-refractivity contribution is 7.99. The minimum Gasteiger partial charge on any atom is -0.338 e. The SMILES string of the molecule is Cc1ccc(CSCC(=O)N(C)Cc2nccn2C(F)F)cc1. The lowest BCUT2D eigenvalue weighted by molar-refractivity contribution is -0.127. The van der Waals surface area contributed by atoms with Gasteiger partial charge in [-0.05, 0) is 12.5 Å². The number of benzene rings is 1. The maximum absolute atomic E-state index is 12.7. The van der Waals surface area contributed by atoms with E-state index in [1.165, 1.54) is 34.6 Å². The predicted octanol–water partition coefficient (Wildman–Crippen LogP) is 3.48. The van der Waals surface area contributed by atoms with Crippen LogP contribution in [0, 0.1) is 6.92 Å². The molecule has 0 aliphatic rings. The van der Waals surface area contributed by atoms with Crippen molar-refractivity contribution < 1.29 is 13.6 Å². The van der Waals surface area contributed by atoms with E-state index in [-0.39, 0.29) is 18.3 Å². The zero-order chi connectivity index (χ0) is 16.8. The van der Waals surface area contributed by atoms with Gasteiger partial charge in [-0.15, -0.1) is 11.8 Å². The fraction of sp³-hybridized carbons (Fsp3) is 0.375. The van der Waals surface area contributed by atoms with E-state index in [4.69, 9.17) is 0 Å². The molecule has 0 fully saturated rings. The van der Waals surface area contributed by atoms with E-state index >= 15 is 0 Å². The van der Waals surface area contributed by atoms with Crippen molar-refractivity contribution in [1.82, 2.24) is 14.5 Å². The van der Waals surface area contributed by atoms with Crippen LogP contribution in [0.4, 0.5) is 8.78 Å². The first-order valence-corrected chi connectivity index (χ1v) is 8.30. The predicted molar refractivity (Wildman–Crippen MR) is 87.3 cm³/mol. The Kier molecular flexibility index (Phi) is 6.15. The molecule has 0 N–H and O–H groups in total. The van der Waals surface area contributed by atoms with E-state index in [0.29, 0.717) is 5.75 Å². The number of imidazole rings is 1. The number of alkyl halides is 2. The highest BCUT2D eigenvalue weighted by Gasteiger charge is 2.16. The van der Waals surface area contributed by atoms with E-state index in [2.05, 4.69) is 4.98 Å². The lowest BCUT2D eigenvalue weighted by Crippen LogP contribution is -2.29. The zero-order valence-electron chi connectivity index (χ0n) is 13.1. The Labute approximate surface area is 138 Å². The summed E-state index contributed by atoms with van der Waals surface area (Å²) in [5.41, 5.74) is 2.35. The smallest absolute Gasteiger partial charge is 0.319 e. The van der Waals surface area contributed by atoms with Gasteiger partial charge in [0.2, 0.25) is 5.91 Å². The highest BCUT2D eigenvalue weighted by atomic mass is 32.2. The molecule has 1 amide bonds. The summed E-state index contributed by atoms with van der Waals surface area (Å²) < 4.78 is 26.3. The van der Waals surface area contributed by atoms with Crippen LogP contribution >= 0.6 is 11.8 Å². The maximum atomic E-state index is 12.7. The lowest BCUT2D eigenvalue weighted by atomic mass is 10.2. The highest BCUT2D eigenvalue weighted by Crippen LogP contribution is 2.16. The van der Waals surface area contributed by atoms with Gasteiger partial charge in [0.15, 0.2) is 0 Å². The summed E-state index contributed by atoms with van der Waals surface area (Å²) in [4.78, 5) is 17.4. The van der Waals surface area contributed by atoms with Crippen LogP contribution in [0.5, 0.6) is 0 Å². The Hall–Kier alpha value is -1.89.